The summed E-state index contributed by atoms with van der Waals surface area (Å²) in [5.41, 5.74) is 0.572. The van der Waals surface area contributed by atoms with E-state index in [9.17, 15) is 9.90 Å². The van der Waals surface area contributed by atoms with Gasteiger partial charge in [0.1, 0.15) is 6.10 Å². The minimum atomic E-state index is -0.737. The fraction of sp³-hybridized carbons (Fsp3) is 0.500. The second kappa shape index (κ2) is 6.14. The van der Waals surface area contributed by atoms with Gasteiger partial charge in [-0.2, -0.15) is 0 Å². The van der Waals surface area contributed by atoms with Crippen LogP contribution in [0.3, 0.4) is 0 Å². The molecule has 0 spiro atoms. The Morgan fingerprint density at radius 3 is 2.74 bits per heavy atom. The lowest BCUT2D eigenvalue weighted by molar-refractivity contribution is -0.213. The molecule has 1 aromatic carbocycles. The number of ether oxygens (including phenoxy) is 2. The van der Waals surface area contributed by atoms with Gasteiger partial charge in [-0.25, -0.2) is 0 Å². The number of amides is 1. The summed E-state index contributed by atoms with van der Waals surface area (Å²) >= 11 is 0. The van der Waals surface area contributed by atoms with Crippen LogP contribution in [0.25, 0.3) is 0 Å². The molecule has 19 heavy (non-hydrogen) atoms. The molecule has 0 saturated carbocycles. The molecule has 1 heterocycles. The van der Waals surface area contributed by atoms with Crippen molar-refractivity contribution >= 4 is 5.91 Å². The largest absolute Gasteiger partial charge is 0.388 e. The summed E-state index contributed by atoms with van der Waals surface area (Å²) < 4.78 is 10.6. The van der Waals surface area contributed by atoms with Gasteiger partial charge in [0.2, 0.25) is 0 Å². The number of aliphatic hydroxyl groups excluding tert-OH is 1. The van der Waals surface area contributed by atoms with Crippen LogP contribution in [-0.4, -0.2) is 42.7 Å². The van der Waals surface area contributed by atoms with E-state index in [1.165, 1.54) is 0 Å². The molecule has 104 valence electrons. The first kappa shape index (κ1) is 14.0. The lowest BCUT2D eigenvalue weighted by Gasteiger charge is -2.37. The summed E-state index contributed by atoms with van der Waals surface area (Å²) in [7, 11) is 1.55. The van der Waals surface area contributed by atoms with Gasteiger partial charge in [-0.05, 0) is 19.1 Å². The van der Waals surface area contributed by atoms with E-state index in [0.29, 0.717) is 12.0 Å². The van der Waals surface area contributed by atoms with Crippen LogP contribution in [0.1, 0.15) is 23.7 Å². The van der Waals surface area contributed by atoms with Gasteiger partial charge in [0, 0.05) is 19.1 Å². The second-order valence-electron chi connectivity index (χ2n) is 4.68. The Balaban J connectivity index is 2.02. The maximum absolute atomic E-state index is 12.1. The Morgan fingerprint density at radius 1 is 1.42 bits per heavy atom. The molecule has 1 aromatic rings. The third-order valence-corrected chi connectivity index (χ3v) is 3.32. The molecule has 2 rings (SSSR count). The molecule has 0 bridgehead atoms. The van der Waals surface area contributed by atoms with Crippen LogP contribution < -0.4 is 5.32 Å². The number of rotatable bonds is 3. The number of aliphatic hydroxyl groups is 1. The van der Waals surface area contributed by atoms with Crippen molar-refractivity contribution in [3.8, 4) is 0 Å². The molecule has 0 radical (unpaired) electrons. The topological polar surface area (TPSA) is 67.8 Å². The lowest BCUT2D eigenvalue weighted by atomic mass is 9.99. The van der Waals surface area contributed by atoms with Crippen LogP contribution >= 0.6 is 0 Å². The molecular weight excluding hydrogens is 246 g/mol. The first-order valence-electron chi connectivity index (χ1n) is 6.34. The Bertz CT molecular complexity index is 423. The second-order valence-corrected chi connectivity index (χ2v) is 4.68. The molecular formula is C14H19NO4. The van der Waals surface area contributed by atoms with E-state index in [1.807, 2.05) is 6.07 Å². The predicted molar refractivity (Wildman–Crippen MR) is 69.7 cm³/mol. The number of nitrogens with one attached hydrogen (secondary N) is 1. The standard InChI is InChI=1S/C14H19NO4/c1-9-13(16)11(8-12(18-2)19-9)15-14(17)10-6-4-3-5-7-10/h3-7,9,11-13,16H,8H2,1-2H3,(H,15,17)/t9-,11-,12+,13+/m0/s1. The van der Waals surface area contributed by atoms with Crippen molar-refractivity contribution in [3.05, 3.63) is 35.9 Å². The summed E-state index contributed by atoms with van der Waals surface area (Å²) in [6.07, 6.45) is -1.08. The Hall–Kier alpha value is -1.43. The molecule has 0 unspecified atom stereocenters. The lowest BCUT2D eigenvalue weighted by Crippen LogP contribution is -2.55. The summed E-state index contributed by atoms with van der Waals surface area (Å²) in [6.45, 7) is 1.76. The number of hydrogen-bond acceptors (Lipinski definition) is 4. The van der Waals surface area contributed by atoms with Gasteiger partial charge < -0.3 is 19.9 Å². The normalized spacial score (nSPS) is 30.9. The van der Waals surface area contributed by atoms with Crippen molar-refractivity contribution in [3.63, 3.8) is 0 Å². The molecule has 2 N–H and O–H groups in total. The smallest absolute Gasteiger partial charge is 0.251 e. The quantitative estimate of drug-likeness (QED) is 0.853. The number of carbonyl (C=O) groups is 1. The fourth-order valence-electron chi connectivity index (χ4n) is 2.19. The first-order chi connectivity index (χ1) is 9.11. The molecule has 1 fully saturated rings. The summed E-state index contributed by atoms with van der Waals surface area (Å²) in [5, 5.41) is 12.9. The predicted octanol–water partition coefficient (Wildman–Crippen LogP) is 0.927. The van der Waals surface area contributed by atoms with Gasteiger partial charge in [0.05, 0.1) is 12.1 Å². The van der Waals surface area contributed by atoms with E-state index in [-0.39, 0.29) is 18.1 Å². The van der Waals surface area contributed by atoms with Crippen LogP contribution in [0.4, 0.5) is 0 Å². The Morgan fingerprint density at radius 2 is 2.11 bits per heavy atom. The average molecular weight is 265 g/mol. The van der Waals surface area contributed by atoms with E-state index in [0.717, 1.165) is 0 Å². The highest BCUT2D eigenvalue weighted by molar-refractivity contribution is 5.94. The molecule has 4 atom stereocenters. The summed E-state index contributed by atoms with van der Waals surface area (Å²) in [5.74, 6) is -0.200. The summed E-state index contributed by atoms with van der Waals surface area (Å²) in [6, 6.07) is 8.55. The van der Waals surface area contributed by atoms with Gasteiger partial charge in [-0.1, -0.05) is 18.2 Å². The van der Waals surface area contributed by atoms with Crippen LogP contribution in [-0.2, 0) is 9.47 Å². The van der Waals surface area contributed by atoms with Crippen LogP contribution in [0, 0.1) is 0 Å². The molecule has 1 aliphatic rings. The molecule has 1 aliphatic heterocycles. The number of benzene rings is 1. The van der Waals surface area contributed by atoms with E-state index in [2.05, 4.69) is 5.32 Å². The number of carbonyl (C=O) groups excluding carboxylic acids is 1. The molecule has 5 heteroatoms. The fourth-order valence-corrected chi connectivity index (χ4v) is 2.19. The zero-order valence-corrected chi connectivity index (χ0v) is 11.1. The van der Waals surface area contributed by atoms with Crippen molar-refractivity contribution in [2.75, 3.05) is 7.11 Å². The van der Waals surface area contributed by atoms with Crippen LogP contribution in [0.5, 0.6) is 0 Å². The van der Waals surface area contributed by atoms with Gasteiger partial charge in [-0.15, -0.1) is 0 Å². The van der Waals surface area contributed by atoms with Crippen molar-refractivity contribution in [2.45, 2.75) is 37.9 Å². The Labute approximate surface area is 112 Å². The van der Waals surface area contributed by atoms with Gasteiger partial charge >= 0.3 is 0 Å². The third kappa shape index (κ3) is 3.32. The minimum absolute atomic E-state index is 0.200. The highest BCUT2D eigenvalue weighted by Crippen LogP contribution is 2.21. The molecule has 1 amide bonds. The van der Waals surface area contributed by atoms with Crippen molar-refractivity contribution in [2.24, 2.45) is 0 Å². The van der Waals surface area contributed by atoms with Crippen LogP contribution in [0.15, 0.2) is 30.3 Å². The zero-order valence-electron chi connectivity index (χ0n) is 11.1. The van der Waals surface area contributed by atoms with Crippen molar-refractivity contribution in [1.29, 1.82) is 0 Å². The average Bonchev–Trinajstić information content (AvgIpc) is 2.44. The third-order valence-electron chi connectivity index (χ3n) is 3.32. The minimum Gasteiger partial charge on any atom is -0.388 e. The van der Waals surface area contributed by atoms with E-state index < -0.39 is 12.4 Å². The highest BCUT2D eigenvalue weighted by Gasteiger charge is 2.36. The maximum Gasteiger partial charge on any atom is 0.251 e. The van der Waals surface area contributed by atoms with E-state index >= 15 is 0 Å². The molecule has 5 nitrogen and oxygen atoms in total. The SMILES string of the molecule is CO[C@H]1C[C@H](NC(=O)c2ccccc2)[C@H](O)[C@H](C)O1. The van der Waals surface area contributed by atoms with Gasteiger partial charge in [0.15, 0.2) is 6.29 Å². The van der Waals surface area contributed by atoms with E-state index in [1.54, 1.807) is 38.3 Å². The van der Waals surface area contributed by atoms with Gasteiger partial charge in [-0.3, -0.25) is 4.79 Å². The van der Waals surface area contributed by atoms with Gasteiger partial charge in [0.25, 0.3) is 5.91 Å². The number of hydrogen-bond donors (Lipinski definition) is 2. The van der Waals surface area contributed by atoms with Crippen LogP contribution in [0.2, 0.25) is 0 Å². The molecule has 0 aliphatic carbocycles. The molecule has 0 aromatic heterocycles. The maximum atomic E-state index is 12.1. The van der Waals surface area contributed by atoms with E-state index in [4.69, 9.17) is 9.47 Å². The zero-order chi connectivity index (χ0) is 13.8. The monoisotopic (exact) mass is 265 g/mol. The summed E-state index contributed by atoms with van der Waals surface area (Å²) in [4.78, 5) is 12.1. The molecule has 1 saturated heterocycles. The number of methoxy groups -OCH3 is 1. The van der Waals surface area contributed by atoms with Crippen molar-refractivity contribution < 1.29 is 19.4 Å². The van der Waals surface area contributed by atoms with Crippen molar-refractivity contribution in [1.82, 2.24) is 5.32 Å². The Kier molecular flexibility index (Phi) is 4.52. The first-order valence-corrected chi connectivity index (χ1v) is 6.34. The highest BCUT2D eigenvalue weighted by atomic mass is 16.7.